The molecule has 0 radical (unpaired) electrons. The molecule has 1 aromatic heterocycles. The first-order valence-corrected chi connectivity index (χ1v) is 14.3. The summed E-state index contributed by atoms with van der Waals surface area (Å²) in [6.07, 6.45) is 4.42. The summed E-state index contributed by atoms with van der Waals surface area (Å²) in [5, 5.41) is 0. The molecule has 35 heavy (non-hydrogen) atoms. The van der Waals surface area contributed by atoms with Crippen molar-refractivity contribution in [3.63, 3.8) is 0 Å². The Kier molecular flexibility index (Phi) is 7.82. The quantitative estimate of drug-likeness (QED) is 0.589. The van der Waals surface area contributed by atoms with Crippen molar-refractivity contribution in [2.24, 2.45) is 5.41 Å². The van der Waals surface area contributed by atoms with E-state index in [-0.39, 0.29) is 24.3 Å². The fourth-order valence-electron chi connectivity index (χ4n) is 5.69. The zero-order valence-corrected chi connectivity index (χ0v) is 21.4. The van der Waals surface area contributed by atoms with Crippen molar-refractivity contribution in [2.75, 3.05) is 62.4 Å². The Morgan fingerprint density at radius 3 is 2.51 bits per heavy atom. The Morgan fingerprint density at radius 2 is 1.83 bits per heavy atom. The highest BCUT2D eigenvalue weighted by Gasteiger charge is 2.39. The number of likely N-dealkylation sites (N-methyl/N-ethyl adjacent to an activating group) is 1. The average molecular weight is 520 g/mol. The molecule has 4 rings (SSSR count). The first-order valence-electron chi connectivity index (χ1n) is 12.4. The van der Waals surface area contributed by atoms with E-state index in [1.54, 1.807) is 18.0 Å². The third-order valence-electron chi connectivity index (χ3n) is 7.50. The number of ether oxygens (including phenoxy) is 1. The van der Waals surface area contributed by atoms with E-state index in [0.717, 1.165) is 38.5 Å². The number of sulfonamides is 1. The molecule has 3 heterocycles. The lowest BCUT2D eigenvalue weighted by Crippen LogP contribution is -2.45. The minimum atomic E-state index is -4.67. The number of halogens is 3. The number of hydrogen-bond donors (Lipinski definition) is 0. The largest absolute Gasteiger partial charge is 0.451 e. The monoisotopic (exact) mass is 519 g/mol. The molecule has 0 aromatic carbocycles. The van der Waals surface area contributed by atoms with E-state index in [4.69, 9.17) is 4.74 Å². The van der Waals surface area contributed by atoms with Gasteiger partial charge in [-0.2, -0.15) is 17.5 Å². The smallest absolute Gasteiger partial charge is 0.375 e. The normalized spacial score (nSPS) is 24.4. The molecule has 0 bridgehead atoms. The second-order valence-corrected chi connectivity index (χ2v) is 12.3. The van der Waals surface area contributed by atoms with Crippen molar-refractivity contribution in [2.45, 2.75) is 63.6 Å². The lowest BCUT2D eigenvalue weighted by Gasteiger charge is -2.46. The number of hydrogen-bond acceptors (Lipinski definition) is 7. The molecule has 1 spiro atoms. The van der Waals surface area contributed by atoms with E-state index in [9.17, 15) is 21.6 Å². The van der Waals surface area contributed by atoms with E-state index in [1.165, 1.54) is 23.6 Å². The van der Waals surface area contributed by atoms with E-state index >= 15 is 0 Å². The lowest BCUT2D eigenvalue weighted by molar-refractivity contribution is -0.144. The minimum Gasteiger partial charge on any atom is -0.375 e. The van der Waals surface area contributed by atoms with Crippen LogP contribution in [0.15, 0.2) is 6.07 Å². The van der Waals surface area contributed by atoms with Crippen LogP contribution >= 0.6 is 0 Å². The van der Waals surface area contributed by atoms with Gasteiger partial charge in [-0.15, -0.1) is 0 Å². The van der Waals surface area contributed by atoms with Gasteiger partial charge in [0.2, 0.25) is 15.8 Å². The average Bonchev–Trinajstić information content (AvgIpc) is 3.04. The molecule has 1 saturated carbocycles. The van der Waals surface area contributed by atoms with Crippen molar-refractivity contribution in [3.8, 4) is 0 Å². The van der Waals surface area contributed by atoms with Crippen molar-refractivity contribution in [3.05, 3.63) is 11.9 Å². The zero-order chi connectivity index (χ0) is 25.3. The minimum absolute atomic E-state index is 0.155. The number of piperidine rings is 1. The predicted octanol–water partition coefficient (Wildman–Crippen LogP) is 3.53. The van der Waals surface area contributed by atoms with Crippen molar-refractivity contribution in [1.82, 2.24) is 14.3 Å². The van der Waals surface area contributed by atoms with Crippen LogP contribution in [0.1, 0.15) is 57.2 Å². The molecule has 1 atom stereocenters. The summed E-state index contributed by atoms with van der Waals surface area (Å²) < 4.78 is 72.6. The fourth-order valence-corrected chi connectivity index (χ4v) is 6.59. The van der Waals surface area contributed by atoms with Crippen LogP contribution < -0.4 is 9.80 Å². The van der Waals surface area contributed by atoms with Gasteiger partial charge in [0.25, 0.3) is 0 Å². The van der Waals surface area contributed by atoms with E-state index in [0.29, 0.717) is 31.9 Å². The number of aromatic nitrogens is 2. The molecule has 0 amide bonds. The summed E-state index contributed by atoms with van der Waals surface area (Å²) in [5.74, 6) is -0.692. The lowest BCUT2D eigenvalue weighted by atomic mass is 9.69. The van der Waals surface area contributed by atoms with Gasteiger partial charge >= 0.3 is 6.18 Å². The van der Waals surface area contributed by atoms with Crippen LogP contribution in [-0.2, 0) is 20.9 Å². The van der Waals surface area contributed by atoms with Crippen LogP contribution in [-0.4, -0.2) is 81.4 Å². The SMILES string of the molecule is CN(CC1CN(S(C)(=O)=O)CCCO1)c1cc(N2CCCC3(CCCCC3)C2)nc(C(F)(F)F)n1. The number of rotatable bonds is 5. The topological polar surface area (TPSA) is 78.9 Å². The molecular formula is C23H36F3N5O3S. The molecule has 2 saturated heterocycles. The highest BCUT2D eigenvalue weighted by Crippen LogP contribution is 2.44. The molecule has 3 aliphatic rings. The van der Waals surface area contributed by atoms with Gasteiger partial charge < -0.3 is 14.5 Å². The van der Waals surface area contributed by atoms with Crippen LogP contribution in [0.2, 0.25) is 0 Å². The Bertz CT molecular complexity index is 980. The maximum Gasteiger partial charge on any atom is 0.451 e. The highest BCUT2D eigenvalue weighted by atomic mass is 32.2. The first-order chi connectivity index (χ1) is 16.5. The van der Waals surface area contributed by atoms with E-state index < -0.39 is 28.1 Å². The molecule has 1 aromatic rings. The Balaban J connectivity index is 1.57. The molecule has 1 unspecified atom stereocenters. The van der Waals surface area contributed by atoms with E-state index in [1.807, 2.05) is 4.90 Å². The van der Waals surface area contributed by atoms with Gasteiger partial charge in [-0.25, -0.2) is 18.4 Å². The fraction of sp³-hybridized carbons (Fsp3) is 0.826. The highest BCUT2D eigenvalue weighted by molar-refractivity contribution is 7.88. The molecule has 8 nitrogen and oxygen atoms in total. The number of anilines is 2. The molecular weight excluding hydrogens is 483 g/mol. The summed E-state index contributed by atoms with van der Waals surface area (Å²) in [6, 6.07) is 1.63. The number of alkyl halides is 3. The van der Waals surface area contributed by atoms with Gasteiger partial charge in [-0.1, -0.05) is 19.3 Å². The maximum absolute atomic E-state index is 13.8. The van der Waals surface area contributed by atoms with Crippen LogP contribution in [0.4, 0.5) is 24.8 Å². The molecule has 12 heteroatoms. The molecule has 0 N–H and O–H groups in total. The second-order valence-electron chi connectivity index (χ2n) is 10.3. The zero-order valence-electron chi connectivity index (χ0n) is 20.6. The predicted molar refractivity (Wildman–Crippen MR) is 128 cm³/mol. The van der Waals surface area contributed by atoms with Crippen molar-refractivity contribution in [1.29, 1.82) is 0 Å². The van der Waals surface area contributed by atoms with Gasteiger partial charge in [0.15, 0.2) is 0 Å². The summed E-state index contributed by atoms with van der Waals surface area (Å²) in [4.78, 5) is 11.4. The molecule has 2 aliphatic heterocycles. The summed E-state index contributed by atoms with van der Waals surface area (Å²) in [6.45, 7) is 2.52. The third-order valence-corrected chi connectivity index (χ3v) is 8.77. The summed E-state index contributed by atoms with van der Waals surface area (Å²) in [7, 11) is -1.73. The molecule has 198 valence electrons. The third kappa shape index (κ3) is 6.56. The van der Waals surface area contributed by atoms with Crippen LogP contribution in [0, 0.1) is 5.41 Å². The van der Waals surface area contributed by atoms with Crippen LogP contribution in [0.5, 0.6) is 0 Å². The second kappa shape index (κ2) is 10.4. The van der Waals surface area contributed by atoms with Gasteiger partial charge in [-0.3, -0.25) is 0 Å². The Labute approximate surface area is 205 Å². The van der Waals surface area contributed by atoms with Gasteiger partial charge in [0.1, 0.15) is 11.6 Å². The molecule has 3 fully saturated rings. The first kappa shape index (κ1) is 26.4. The Hall–Kier alpha value is -1.66. The molecule has 1 aliphatic carbocycles. The number of nitrogens with zero attached hydrogens (tertiary/aromatic N) is 5. The maximum atomic E-state index is 13.8. The van der Waals surface area contributed by atoms with E-state index in [2.05, 4.69) is 9.97 Å². The van der Waals surface area contributed by atoms with Crippen LogP contribution in [0.3, 0.4) is 0 Å². The van der Waals surface area contributed by atoms with Gasteiger partial charge in [0, 0.05) is 52.4 Å². The van der Waals surface area contributed by atoms with Gasteiger partial charge in [-0.05, 0) is 37.5 Å². The summed E-state index contributed by atoms with van der Waals surface area (Å²) >= 11 is 0. The van der Waals surface area contributed by atoms with Crippen molar-refractivity contribution >= 4 is 21.7 Å². The van der Waals surface area contributed by atoms with Crippen molar-refractivity contribution < 1.29 is 26.3 Å². The summed E-state index contributed by atoms with van der Waals surface area (Å²) in [5.41, 5.74) is 0.162. The Morgan fingerprint density at radius 1 is 1.11 bits per heavy atom. The van der Waals surface area contributed by atoms with Gasteiger partial charge in [0.05, 0.1) is 12.4 Å². The van der Waals surface area contributed by atoms with Crippen LogP contribution in [0.25, 0.3) is 0 Å². The standard InChI is InChI=1S/C23H36F3N5O3S/c1-29(15-18-16-31(35(2,32)33)12-7-13-34-18)19-14-20(28-21(27-19)23(24,25)26)30-11-6-10-22(17-30)8-4-3-5-9-22/h14,18H,3-13,15-17H2,1-2H3.